The van der Waals surface area contributed by atoms with Crippen LogP contribution in [0.2, 0.25) is 0 Å². The number of aromatic nitrogens is 1. The molecule has 0 amide bonds. The molecule has 20 heavy (non-hydrogen) atoms. The Bertz CT molecular complexity index is 347. The maximum Gasteiger partial charge on any atom is 0.0416 e. The lowest BCUT2D eigenvalue weighted by Gasteiger charge is -2.31. The highest BCUT2D eigenvalue weighted by Gasteiger charge is 2.16. The third-order valence-corrected chi connectivity index (χ3v) is 4.35. The van der Waals surface area contributed by atoms with Gasteiger partial charge >= 0.3 is 0 Å². The number of rotatable bonds is 8. The van der Waals surface area contributed by atoms with Crippen molar-refractivity contribution in [3.63, 3.8) is 0 Å². The molecular weight excluding hydrogens is 246 g/mol. The first-order valence-corrected chi connectivity index (χ1v) is 8.17. The summed E-state index contributed by atoms with van der Waals surface area (Å²) in [5, 5.41) is 3.53. The summed E-state index contributed by atoms with van der Waals surface area (Å²) in [7, 11) is 2.30. The van der Waals surface area contributed by atoms with Crippen LogP contribution in [0.3, 0.4) is 0 Å². The van der Waals surface area contributed by atoms with E-state index >= 15 is 0 Å². The van der Waals surface area contributed by atoms with Gasteiger partial charge in [-0.1, -0.05) is 25.3 Å². The van der Waals surface area contributed by atoms with Gasteiger partial charge in [-0.15, -0.1) is 0 Å². The SMILES string of the molecule is CN(CCCNCCc1ccccn1)C1CCCCC1. The fraction of sp³-hybridized carbons (Fsp3) is 0.706. The zero-order valence-electron chi connectivity index (χ0n) is 12.9. The third kappa shape index (κ3) is 5.59. The van der Waals surface area contributed by atoms with E-state index < -0.39 is 0 Å². The van der Waals surface area contributed by atoms with E-state index in [1.807, 2.05) is 12.3 Å². The molecule has 0 bridgehead atoms. The molecule has 1 N–H and O–H groups in total. The molecule has 1 heterocycles. The molecule has 3 heteroatoms. The summed E-state index contributed by atoms with van der Waals surface area (Å²) in [4.78, 5) is 6.91. The summed E-state index contributed by atoms with van der Waals surface area (Å²) in [6.07, 6.45) is 11.3. The van der Waals surface area contributed by atoms with Crippen molar-refractivity contribution in [2.45, 2.75) is 51.0 Å². The van der Waals surface area contributed by atoms with Gasteiger partial charge in [0.1, 0.15) is 0 Å². The molecule has 0 unspecified atom stereocenters. The molecule has 1 aliphatic carbocycles. The minimum absolute atomic E-state index is 0.845. The molecular formula is C17H29N3. The predicted octanol–water partition coefficient (Wildman–Crippen LogP) is 2.87. The van der Waals surface area contributed by atoms with Gasteiger partial charge in [0.15, 0.2) is 0 Å². The monoisotopic (exact) mass is 275 g/mol. The molecule has 112 valence electrons. The van der Waals surface area contributed by atoms with Crippen LogP contribution in [0, 0.1) is 0 Å². The van der Waals surface area contributed by atoms with Crippen molar-refractivity contribution in [1.82, 2.24) is 15.2 Å². The average molecular weight is 275 g/mol. The van der Waals surface area contributed by atoms with Gasteiger partial charge in [-0.2, -0.15) is 0 Å². The molecule has 0 atom stereocenters. The fourth-order valence-electron chi connectivity index (χ4n) is 3.05. The van der Waals surface area contributed by atoms with E-state index in [1.165, 1.54) is 50.8 Å². The van der Waals surface area contributed by atoms with Crippen molar-refractivity contribution in [3.8, 4) is 0 Å². The quantitative estimate of drug-likeness (QED) is 0.739. The third-order valence-electron chi connectivity index (χ3n) is 4.35. The Balaban J connectivity index is 1.49. The smallest absolute Gasteiger partial charge is 0.0416 e. The minimum Gasteiger partial charge on any atom is -0.316 e. The van der Waals surface area contributed by atoms with Crippen LogP contribution in [0.1, 0.15) is 44.2 Å². The number of nitrogens with one attached hydrogen (secondary N) is 1. The second kappa shape index (κ2) is 9.09. The Morgan fingerprint density at radius 3 is 2.80 bits per heavy atom. The van der Waals surface area contributed by atoms with Crippen molar-refractivity contribution in [1.29, 1.82) is 0 Å². The molecule has 0 saturated heterocycles. The van der Waals surface area contributed by atoms with Crippen LogP contribution in [-0.4, -0.2) is 42.6 Å². The highest BCUT2D eigenvalue weighted by atomic mass is 15.1. The molecule has 0 radical (unpaired) electrons. The molecule has 0 spiro atoms. The maximum absolute atomic E-state index is 4.34. The van der Waals surface area contributed by atoms with Gasteiger partial charge in [0.25, 0.3) is 0 Å². The van der Waals surface area contributed by atoms with Gasteiger partial charge in [-0.05, 0) is 51.5 Å². The zero-order chi connectivity index (χ0) is 14.0. The second-order valence-electron chi connectivity index (χ2n) is 5.95. The summed E-state index contributed by atoms with van der Waals surface area (Å²) >= 11 is 0. The van der Waals surface area contributed by atoms with E-state index in [4.69, 9.17) is 0 Å². The molecule has 0 aliphatic heterocycles. The lowest BCUT2D eigenvalue weighted by Crippen LogP contribution is -2.35. The second-order valence-corrected chi connectivity index (χ2v) is 5.95. The standard InChI is InChI=1S/C17H29N3/c1-20(17-9-3-2-4-10-17)15-7-12-18-14-11-16-8-5-6-13-19-16/h5-6,8,13,17-18H,2-4,7,9-12,14-15H2,1H3. The summed E-state index contributed by atoms with van der Waals surface area (Å²) < 4.78 is 0. The molecule has 1 saturated carbocycles. The van der Waals surface area contributed by atoms with E-state index in [9.17, 15) is 0 Å². The Morgan fingerprint density at radius 1 is 1.20 bits per heavy atom. The van der Waals surface area contributed by atoms with E-state index in [2.05, 4.69) is 34.4 Å². The minimum atomic E-state index is 0.845. The molecule has 1 fully saturated rings. The summed E-state index contributed by atoms with van der Waals surface area (Å²) in [6, 6.07) is 6.97. The van der Waals surface area contributed by atoms with Crippen LogP contribution in [0.15, 0.2) is 24.4 Å². The maximum atomic E-state index is 4.34. The van der Waals surface area contributed by atoms with Crippen molar-refractivity contribution in [2.75, 3.05) is 26.7 Å². The van der Waals surface area contributed by atoms with Crippen LogP contribution in [0.5, 0.6) is 0 Å². The van der Waals surface area contributed by atoms with Crippen LogP contribution in [0.4, 0.5) is 0 Å². The van der Waals surface area contributed by atoms with Gasteiger partial charge < -0.3 is 10.2 Å². The van der Waals surface area contributed by atoms with Gasteiger partial charge in [-0.25, -0.2) is 0 Å². The molecule has 1 aromatic heterocycles. The first kappa shape index (κ1) is 15.5. The first-order valence-electron chi connectivity index (χ1n) is 8.17. The van der Waals surface area contributed by atoms with Gasteiger partial charge in [-0.3, -0.25) is 4.98 Å². The Kier molecular flexibility index (Phi) is 7.02. The number of hydrogen-bond donors (Lipinski definition) is 1. The van der Waals surface area contributed by atoms with E-state index in [0.717, 1.165) is 25.6 Å². The van der Waals surface area contributed by atoms with Crippen LogP contribution >= 0.6 is 0 Å². The van der Waals surface area contributed by atoms with Crippen molar-refractivity contribution in [2.24, 2.45) is 0 Å². The highest BCUT2D eigenvalue weighted by molar-refractivity contribution is 5.03. The summed E-state index contributed by atoms with van der Waals surface area (Å²) in [5.41, 5.74) is 1.18. The normalized spacial score (nSPS) is 16.7. The number of nitrogens with zero attached hydrogens (tertiary/aromatic N) is 2. The number of hydrogen-bond acceptors (Lipinski definition) is 3. The highest BCUT2D eigenvalue weighted by Crippen LogP contribution is 2.21. The summed E-state index contributed by atoms with van der Waals surface area (Å²) in [6.45, 7) is 3.37. The largest absolute Gasteiger partial charge is 0.316 e. The molecule has 0 aromatic carbocycles. The van der Waals surface area contributed by atoms with Gasteiger partial charge in [0.2, 0.25) is 0 Å². The first-order chi connectivity index (χ1) is 9.86. The van der Waals surface area contributed by atoms with Crippen molar-refractivity contribution in [3.05, 3.63) is 30.1 Å². The Morgan fingerprint density at radius 2 is 2.05 bits per heavy atom. The Hall–Kier alpha value is -0.930. The van der Waals surface area contributed by atoms with E-state index in [0.29, 0.717) is 0 Å². The molecule has 3 nitrogen and oxygen atoms in total. The Labute approximate surface area is 123 Å². The van der Waals surface area contributed by atoms with Crippen molar-refractivity contribution < 1.29 is 0 Å². The van der Waals surface area contributed by atoms with Gasteiger partial charge in [0.05, 0.1) is 0 Å². The van der Waals surface area contributed by atoms with E-state index in [-0.39, 0.29) is 0 Å². The molecule has 1 aliphatic rings. The van der Waals surface area contributed by atoms with Crippen LogP contribution in [0.25, 0.3) is 0 Å². The molecule has 2 rings (SSSR count). The molecule has 1 aromatic rings. The fourth-order valence-corrected chi connectivity index (χ4v) is 3.05. The number of pyridine rings is 1. The average Bonchev–Trinajstić information content (AvgIpc) is 2.52. The van der Waals surface area contributed by atoms with E-state index in [1.54, 1.807) is 0 Å². The summed E-state index contributed by atoms with van der Waals surface area (Å²) in [5.74, 6) is 0. The van der Waals surface area contributed by atoms with Crippen LogP contribution < -0.4 is 5.32 Å². The lowest BCUT2D eigenvalue weighted by molar-refractivity contribution is 0.189. The van der Waals surface area contributed by atoms with Gasteiger partial charge in [0, 0.05) is 30.9 Å². The van der Waals surface area contributed by atoms with Crippen molar-refractivity contribution >= 4 is 0 Å². The predicted molar refractivity (Wildman–Crippen MR) is 84.9 cm³/mol. The van der Waals surface area contributed by atoms with Crippen LogP contribution in [-0.2, 0) is 6.42 Å². The topological polar surface area (TPSA) is 28.2 Å². The lowest BCUT2D eigenvalue weighted by atomic mass is 9.94. The zero-order valence-corrected chi connectivity index (χ0v) is 12.9.